The number of aliphatic carboxylic acids is 1. The summed E-state index contributed by atoms with van der Waals surface area (Å²) in [6.07, 6.45) is 4.07. The zero-order valence-corrected chi connectivity index (χ0v) is 10.1. The van der Waals surface area contributed by atoms with E-state index in [9.17, 15) is 9.59 Å². The van der Waals surface area contributed by atoms with E-state index in [1.165, 1.54) is 6.20 Å². The van der Waals surface area contributed by atoms with E-state index >= 15 is 0 Å². The van der Waals surface area contributed by atoms with Gasteiger partial charge in [0, 0.05) is 19.2 Å². The van der Waals surface area contributed by atoms with E-state index in [2.05, 4.69) is 10.3 Å². The number of aromatic nitrogens is 1. The van der Waals surface area contributed by atoms with Gasteiger partial charge in [0.25, 0.3) is 0 Å². The summed E-state index contributed by atoms with van der Waals surface area (Å²) < 4.78 is 0. The van der Waals surface area contributed by atoms with Gasteiger partial charge in [-0.1, -0.05) is 6.42 Å². The summed E-state index contributed by atoms with van der Waals surface area (Å²) in [5.41, 5.74) is 5.47. The molecule has 0 unspecified atom stereocenters. The van der Waals surface area contributed by atoms with Crippen LogP contribution in [-0.4, -0.2) is 28.5 Å². The van der Waals surface area contributed by atoms with E-state index in [1.807, 2.05) is 0 Å². The number of unbranched alkanes of at least 4 members (excludes halogenated alkanes) is 2. The first-order chi connectivity index (χ1) is 8.59. The molecule has 98 valence electrons. The maximum atomic E-state index is 10.8. The third-order valence-corrected chi connectivity index (χ3v) is 2.42. The second-order valence-corrected chi connectivity index (χ2v) is 3.93. The van der Waals surface area contributed by atoms with Crippen LogP contribution >= 0.6 is 0 Å². The van der Waals surface area contributed by atoms with Crippen LogP contribution in [0.1, 0.15) is 36.0 Å². The predicted molar refractivity (Wildman–Crippen MR) is 67.3 cm³/mol. The molecule has 0 aliphatic carbocycles. The average molecular weight is 251 g/mol. The number of anilines is 1. The number of rotatable bonds is 8. The Bertz CT molecular complexity index is 404. The highest BCUT2D eigenvalue weighted by Gasteiger charge is 2.00. The van der Waals surface area contributed by atoms with Crippen molar-refractivity contribution in [1.82, 2.24) is 4.98 Å². The number of nitrogens with zero attached hydrogens (tertiary/aromatic N) is 1. The first-order valence-corrected chi connectivity index (χ1v) is 5.81. The molecule has 0 aliphatic rings. The molecule has 6 nitrogen and oxygen atoms in total. The Labute approximate surface area is 105 Å². The Morgan fingerprint density at radius 2 is 2.06 bits per heavy atom. The van der Waals surface area contributed by atoms with Crippen LogP contribution in [0.15, 0.2) is 18.3 Å². The Kier molecular flexibility index (Phi) is 5.63. The van der Waals surface area contributed by atoms with Crippen molar-refractivity contribution >= 4 is 17.7 Å². The van der Waals surface area contributed by atoms with Crippen LogP contribution in [0, 0.1) is 0 Å². The van der Waals surface area contributed by atoms with Crippen molar-refractivity contribution < 1.29 is 14.7 Å². The lowest BCUT2D eigenvalue weighted by Crippen LogP contribution is -2.11. The largest absolute Gasteiger partial charge is 0.481 e. The van der Waals surface area contributed by atoms with E-state index < -0.39 is 11.9 Å². The van der Waals surface area contributed by atoms with Crippen LogP contribution in [-0.2, 0) is 4.79 Å². The van der Waals surface area contributed by atoms with Crippen molar-refractivity contribution in [3.8, 4) is 0 Å². The van der Waals surface area contributed by atoms with Crippen molar-refractivity contribution in [2.45, 2.75) is 25.7 Å². The standard InChI is InChI=1S/C12H17N3O3/c13-12(18)9-5-6-10(15-8-9)14-7-3-1-2-4-11(16)17/h5-6,8H,1-4,7H2,(H2,13,18)(H,14,15)(H,16,17). The fraction of sp³-hybridized carbons (Fsp3) is 0.417. The van der Waals surface area contributed by atoms with Gasteiger partial charge in [-0.15, -0.1) is 0 Å². The summed E-state index contributed by atoms with van der Waals surface area (Å²) in [5, 5.41) is 11.5. The van der Waals surface area contributed by atoms with Crippen LogP contribution < -0.4 is 11.1 Å². The molecule has 0 aromatic carbocycles. The number of nitrogens with two attached hydrogens (primary N) is 1. The molecule has 1 heterocycles. The number of hydrogen-bond acceptors (Lipinski definition) is 4. The molecule has 0 saturated carbocycles. The normalized spacial score (nSPS) is 10.0. The zero-order chi connectivity index (χ0) is 13.4. The van der Waals surface area contributed by atoms with Gasteiger partial charge in [0.05, 0.1) is 5.56 Å². The highest BCUT2D eigenvalue weighted by molar-refractivity contribution is 5.92. The van der Waals surface area contributed by atoms with Crippen LogP contribution in [0.25, 0.3) is 0 Å². The Balaban J connectivity index is 2.19. The highest BCUT2D eigenvalue weighted by Crippen LogP contribution is 2.06. The lowest BCUT2D eigenvalue weighted by atomic mass is 10.2. The van der Waals surface area contributed by atoms with Crippen LogP contribution in [0.2, 0.25) is 0 Å². The minimum absolute atomic E-state index is 0.214. The lowest BCUT2D eigenvalue weighted by Gasteiger charge is -2.05. The maximum Gasteiger partial charge on any atom is 0.303 e. The summed E-state index contributed by atoms with van der Waals surface area (Å²) in [4.78, 5) is 25.1. The number of pyridine rings is 1. The molecule has 0 bridgehead atoms. The molecule has 1 aromatic heterocycles. The molecule has 6 heteroatoms. The van der Waals surface area contributed by atoms with Gasteiger partial charge < -0.3 is 16.2 Å². The molecule has 0 atom stereocenters. The third-order valence-electron chi connectivity index (χ3n) is 2.42. The second-order valence-electron chi connectivity index (χ2n) is 3.93. The summed E-state index contributed by atoms with van der Waals surface area (Å²) in [7, 11) is 0. The number of amides is 1. The zero-order valence-electron chi connectivity index (χ0n) is 10.1. The first-order valence-electron chi connectivity index (χ1n) is 5.81. The summed E-state index contributed by atoms with van der Waals surface area (Å²) in [6.45, 7) is 0.725. The second kappa shape index (κ2) is 7.26. The molecule has 1 amide bonds. The molecule has 0 spiro atoms. The van der Waals surface area contributed by atoms with E-state index in [-0.39, 0.29) is 6.42 Å². The monoisotopic (exact) mass is 251 g/mol. The van der Waals surface area contributed by atoms with Crippen molar-refractivity contribution in [2.75, 3.05) is 11.9 Å². The molecule has 0 fully saturated rings. The van der Waals surface area contributed by atoms with Crippen LogP contribution in [0.4, 0.5) is 5.82 Å². The fourth-order valence-electron chi connectivity index (χ4n) is 1.44. The molecular weight excluding hydrogens is 234 g/mol. The SMILES string of the molecule is NC(=O)c1ccc(NCCCCCC(=O)O)nc1. The van der Waals surface area contributed by atoms with Gasteiger partial charge in [0.2, 0.25) is 5.91 Å². The minimum Gasteiger partial charge on any atom is -0.481 e. The highest BCUT2D eigenvalue weighted by atomic mass is 16.4. The molecular formula is C12H17N3O3. The van der Waals surface area contributed by atoms with E-state index in [4.69, 9.17) is 10.8 Å². The molecule has 18 heavy (non-hydrogen) atoms. The molecule has 4 N–H and O–H groups in total. The number of nitrogens with one attached hydrogen (secondary N) is 1. The Hall–Kier alpha value is -2.11. The van der Waals surface area contributed by atoms with E-state index in [1.54, 1.807) is 12.1 Å². The molecule has 0 radical (unpaired) electrons. The van der Waals surface area contributed by atoms with Crippen LogP contribution in [0.3, 0.4) is 0 Å². The smallest absolute Gasteiger partial charge is 0.303 e. The van der Waals surface area contributed by atoms with Gasteiger partial charge in [-0.2, -0.15) is 0 Å². The number of hydrogen-bond donors (Lipinski definition) is 3. The number of carboxylic acid groups (broad SMARTS) is 1. The number of carboxylic acids is 1. The van der Waals surface area contributed by atoms with Crippen molar-refractivity contribution in [2.24, 2.45) is 5.73 Å². The minimum atomic E-state index is -0.758. The molecule has 0 saturated heterocycles. The van der Waals surface area contributed by atoms with Gasteiger partial charge in [-0.3, -0.25) is 9.59 Å². The molecule has 1 aromatic rings. The predicted octanol–water partition coefficient (Wildman–Crippen LogP) is 1.24. The lowest BCUT2D eigenvalue weighted by molar-refractivity contribution is -0.137. The summed E-state index contributed by atoms with van der Waals surface area (Å²) in [6, 6.07) is 3.30. The molecule has 0 aliphatic heterocycles. The fourth-order valence-corrected chi connectivity index (χ4v) is 1.44. The van der Waals surface area contributed by atoms with Crippen molar-refractivity contribution in [3.63, 3.8) is 0 Å². The average Bonchev–Trinajstić information content (AvgIpc) is 2.34. The third kappa shape index (κ3) is 5.29. The van der Waals surface area contributed by atoms with Crippen LogP contribution in [0.5, 0.6) is 0 Å². The Morgan fingerprint density at radius 1 is 1.28 bits per heavy atom. The van der Waals surface area contributed by atoms with E-state index in [0.29, 0.717) is 17.8 Å². The quantitative estimate of drug-likeness (QED) is 0.603. The van der Waals surface area contributed by atoms with Gasteiger partial charge in [-0.25, -0.2) is 4.98 Å². The number of primary amides is 1. The maximum absolute atomic E-state index is 10.8. The first kappa shape index (κ1) is 14.0. The number of carbonyl (C=O) groups excluding carboxylic acids is 1. The van der Waals surface area contributed by atoms with Gasteiger partial charge in [0.1, 0.15) is 5.82 Å². The molecule has 1 rings (SSSR count). The van der Waals surface area contributed by atoms with Crippen molar-refractivity contribution in [3.05, 3.63) is 23.9 Å². The van der Waals surface area contributed by atoms with Gasteiger partial charge in [-0.05, 0) is 25.0 Å². The van der Waals surface area contributed by atoms with E-state index in [0.717, 1.165) is 19.4 Å². The summed E-state index contributed by atoms with van der Waals surface area (Å²) >= 11 is 0. The summed E-state index contributed by atoms with van der Waals surface area (Å²) in [5.74, 6) is -0.576. The van der Waals surface area contributed by atoms with Crippen molar-refractivity contribution in [1.29, 1.82) is 0 Å². The Morgan fingerprint density at radius 3 is 2.61 bits per heavy atom. The van der Waals surface area contributed by atoms with Gasteiger partial charge in [0.15, 0.2) is 0 Å². The topological polar surface area (TPSA) is 105 Å². The van der Waals surface area contributed by atoms with Gasteiger partial charge >= 0.3 is 5.97 Å². The number of carbonyl (C=O) groups is 2.